The Morgan fingerprint density at radius 2 is 1.70 bits per heavy atom. The first-order valence-electron chi connectivity index (χ1n) is 17.1. The molecule has 5 aliphatic carbocycles. The molecule has 7 rings (SSSR count). The van der Waals surface area contributed by atoms with Crippen molar-refractivity contribution in [3.8, 4) is 0 Å². The average molecular weight is 602 g/mol. The zero-order valence-electron chi connectivity index (χ0n) is 27.6. The van der Waals surface area contributed by atoms with Crippen LogP contribution >= 0.6 is 0 Å². The van der Waals surface area contributed by atoms with Crippen LogP contribution in [0.15, 0.2) is 46.3 Å². The van der Waals surface area contributed by atoms with Crippen molar-refractivity contribution in [2.75, 3.05) is 26.2 Å². The Balaban J connectivity index is 1.16. The molecule has 44 heavy (non-hydrogen) atoms. The largest absolute Gasteiger partial charge is 0.504 e. The van der Waals surface area contributed by atoms with Gasteiger partial charge in [0.25, 0.3) is 0 Å². The highest BCUT2D eigenvalue weighted by molar-refractivity contribution is 6.35. The van der Waals surface area contributed by atoms with Gasteiger partial charge in [0.15, 0.2) is 5.76 Å². The molecule has 2 N–H and O–H groups in total. The number of rotatable bonds is 1. The Hall–Kier alpha value is -2.67. The lowest BCUT2D eigenvalue weighted by atomic mass is 9.35. The topological polar surface area (TPSA) is 89.9 Å². The monoisotopic (exact) mass is 601 g/mol. The predicted molar refractivity (Wildman–Crippen MR) is 171 cm³/mol. The number of carbonyl (C=O) groups excluding carboxylic acids is 3. The van der Waals surface area contributed by atoms with Crippen molar-refractivity contribution < 1.29 is 19.5 Å². The minimum atomic E-state index is -0.435. The van der Waals surface area contributed by atoms with E-state index in [1.165, 1.54) is 12.0 Å². The molecule has 6 unspecified atom stereocenters. The van der Waals surface area contributed by atoms with Crippen LogP contribution < -0.4 is 5.32 Å². The molecule has 7 nitrogen and oxygen atoms in total. The van der Waals surface area contributed by atoms with Crippen LogP contribution in [0, 0.1) is 27.6 Å². The summed E-state index contributed by atoms with van der Waals surface area (Å²) in [4.78, 5) is 44.0. The van der Waals surface area contributed by atoms with E-state index in [1.807, 2.05) is 6.92 Å². The fourth-order valence-corrected chi connectivity index (χ4v) is 11.2. The summed E-state index contributed by atoms with van der Waals surface area (Å²) in [6.07, 6.45) is 15.4. The molecule has 7 heteroatoms. The molecule has 0 aromatic rings. The highest BCUT2D eigenvalue weighted by Crippen LogP contribution is 2.75. The van der Waals surface area contributed by atoms with Crippen LogP contribution in [0.1, 0.15) is 99.3 Å². The first-order chi connectivity index (χ1) is 20.6. The van der Waals surface area contributed by atoms with Crippen LogP contribution in [-0.4, -0.2) is 70.3 Å². The molecule has 0 bridgehead atoms. The quantitative estimate of drug-likeness (QED) is 0.372. The third kappa shape index (κ3) is 4.06. The summed E-state index contributed by atoms with van der Waals surface area (Å²) in [6, 6.07) is 0.400. The number of ketones is 1. The predicted octanol–water partition coefficient (Wildman–Crippen LogP) is 5.79. The SMILES string of the molecule is CC1=C(O)C(=O)C=C2C1=CC=C1C2(C)CC[C@@]2(C)C3CC(C)(NC(=O)C(=O)N4CCN5CCCC5C4)CCC3(C)CCC12C. The van der Waals surface area contributed by atoms with E-state index < -0.39 is 11.4 Å². The van der Waals surface area contributed by atoms with Gasteiger partial charge in [-0.15, -0.1) is 0 Å². The van der Waals surface area contributed by atoms with Crippen molar-refractivity contribution in [2.45, 2.75) is 111 Å². The summed E-state index contributed by atoms with van der Waals surface area (Å²) in [5.74, 6) is -0.835. The lowest BCUT2D eigenvalue weighted by molar-refractivity contribution is -0.159. The second-order valence-electron chi connectivity index (χ2n) is 16.6. The third-order valence-corrected chi connectivity index (χ3v) is 14.4. The van der Waals surface area contributed by atoms with E-state index in [-0.39, 0.29) is 39.1 Å². The van der Waals surface area contributed by atoms with E-state index in [4.69, 9.17) is 0 Å². The zero-order valence-corrected chi connectivity index (χ0v) is 27.6. The molecule has 0 aromatic carbocycles. The van der Waals surface area contributed by atoms with Gasteiger partial charge in [-0.25, -0.2) is 0 Å². The van der Waals surface area contributed by atoms with Crippen molar-refractivity contribution >= 4 is 17.6 Å². The molecular weight excluding hydrogens is 550 g/mol. The Bertz CT molecular complexity index is 1470. The normalized spacial score (nSPS) is 43.5. The van der Waals surface area contributed by atoms with Gasteiger partial charge < -0.3 is 15.3 Å². The molecule has 0 spiro atoms. The molecule has 2 aliphatic heterocycles. The zero-order chi connectivity index (χ0) is 31.4. The van der Waals surface area contributed by atoms with Crippen LogP contribution in [0.5, 0.6) is 0 Å². The number of amides is 2. The van der Waals surface area contributed by atoms with Crippen molar-refractivity contribution in [2.24, 2.45) is 27.6 Å². The fraction of sp³-hybridized carbons (Fsp3) is 0.703. The molecule has 0 radical (unpaired) electrons. The Morgan fingerprint density at radius 1 is 0.955 bits per heavy atom. The second-order valence-corrected chi connectivity index (χ2v) is 16.6. The van der Waals surface area contributed by atoms with Gasteiger partial charge in [-0.1, -0.05) is 45.4 Å². The summed E-state index contributed by atoms with van der Waals surface area (Å²) in [7, 11) is 0. The minimum absolute atomic E-state index is 0.00182. The van der Waals surface area contributed by atoms with Crippen molar-refractivity contribution in [1.29, 1.82) is 0 Å². The van der Waals surface area contributed by atoms with E-state index in [0.29, 0.717) is 30.6 Å². The number of piperazine rings is 1. The summed E-state index contributed by atoms with van der Waals surface area (Å²) in [6.45, 7) is 17.0. The molecule has 3 saturated carbocycles. The Labute approximate surface area is 262 Å². The van der Waals surface area contributed by atoms with E-state index in [0.717, 1.165) is 75.6 Å². The Kier molecular flexibility index (Phi) is 6.59. The molecular formula is C37H51N3O4. The van der Waals surface area contributed by atoms with Gasteiger partial charge in [0.05, 0.1) is 0 Å². The van der Waals surface area contributed by atoms with E-state index in [1.54, 1.807) is 11.0 Å². The lowest BCUT2D eigenvalue weighted by Crippen LogP contribution is -2.65. The molecule has 7 atom stereocenters. The van der Waals surface area contributed by atoms with E-state index >= 15 is 0 Å². The molecule has 238 valence electrons. The van der Waals surface area contributed by atoms with Crippen LogP contribution in [0.3, 0.4) is 0 Å². The summed E-state index contributed by atoms with van der Waals surface area (Å²) < 4.78 is 0. The van der Waals surface area contributed by atoms with Crippen LogP contribution in [0.4, 0.5) is 0 Å². The summed E-state index contributed by atoms with van der Waals surface area (Å²) in [5.41, 5.74) is 3.55. The van der Waals surface area contributed by atoms with Crippen molar-refractivity contribution in [1.82, 2.24) is 15.1 Å². The van der Waals surface area contributed by atoms with Crippen molar-refractivity contribution in [3.05, 3.63) is 46.3 Å². The molecule has 0 aromatic heterocycles. The van der Waals surface area contributed by atoms with Crippen molar-refractivity contribution in [3.63, 3.8) is 0 Å². The van der Waals surface area contributed by atoms with Gasteiger partial charge in [-0.2, -0.15) is 0 Å². The van der Waals surface area contributed by atoms with Gasteiger partial charge in [-0.3, -0.25) is 19.3 Å². The maximum absolute atomic E-state index is 13.5. The lowest BCUT2D eigenvalue weighted by Gasteiger charge is -2.70. The smallest absolute Gasteiger partial charge is 0.311 e. The number of nitrogens with one attached hydrogen (secondary N) is 1. The van der Waals surface area contributed by atoms with E-state index in [2.05, 4.69) is 57.0 Å². The van der Waals surface area contributed by atoms with Crippen LogP contribution in [-0.2, 0) is 14.4 Å². The van der Waals surface area contributed by atoms with E-state index in [9.17, 15) is 19.5 Å². The number of fused-ring (bicyclic) bond motifs is 8. The van der Waals surface area contributed by atoms with Gasteiger partial charge in [0.2, 0.25) is 5.78 Å². The average Bonchev–Trinajstić information content (AvgIpc) is 3.46. The summed E-state index contributed by atoms with van der Waals surface area (Å²) >= 11 is 0. The van der Waals surface area contributed by atoms with Gasteiger partial charge >= 0.3 is 11.8 Å². The first kappa shape index (κ1) is 30.0. The number of hydrogen-bond acceptors (Lipinski definition) is 5. The molecule has 7 aliphatic rings. The maximum atomic E-state index is 13.5. The van der Waals surface area contributed by atoms with Gasteiger partial charge in [-0.05, 0) is 118 Å². The van der Waals surface area contributed by atoms with Gasteiger partial charge in [0.1, 0.15) is 0 Å². The van der Waals surface area contributed by atoms with Crippen LogP contribution in [0.25, 0.3) is 0 Å². The molecule has 2 heterocycles. The molecule has 2 amide bonds. The standard InChI is InChI=1S/C37H51N3O4/c1-23-25-9-10-28-35(4,26(25)20-27(41)30(23)42)14-16-37(6)29-21-34(3,13-11-33(29,2)12-15-36(28,37)5)38-31(43)32(44)40-19-18-39-17-7-8-24(39)22-40/h9-10,20,24,29,42H,7-8,11-19,21-22H2,1-6H3,(H,38,43)/t24?,29?,33?,34?,35?,36?,37-/m0/s1. The first-order valence-corrected chi connectivity index (χ1v) is 17.1. The highest BCUT2D eigenvalue weighted by atomic mass is 16.3. The number of hydrogen-bond donors (Lipinski definition) is 2. The number of allylic oxidation sites excluding steroid dienone is 7. The number of nitrogens with zero attached hydrogens (tertiary/aromatic N) is 2. The number of aliphatic hydroxyl groups excluding tert-OH is 1. The number of carbonyl (C=O) groups is 3. The molecule has 2 saturated heterocycles. The summed E-state index contributed by atoms with van der Waals surface area (Å²) in [5, 5.41) is 13.7. The second kappa shape index (κ2) is 9.67. The minimum Gasteiger partial charge on any atom is -0.504 e. The Morgan fingerprint density at radius 3 is 2.48 bits per heavy atom. The fourth-order valence-electron chi connectivity index (χ4n) is 11.2. The third-order valence-electron chi connectivity index (χ3n) is 14.4. The van der Waals surface area contributed by atoms with Gasteiger partial charge in [0, 0.05) is 42.2 Å². The maximum Gasteiger partial charge on any atom is 0.311 e. The van der Waals surface area contributed by atoms with Crippen LogP contribution in [0.2, 0.25) is 0 Å². The molecule has 5 fully saturated rings. The highest BCUT2D eigenvalue weighted by Gasteiger charge is 2.67. The number of aliphatic hydroxyl groups is 1.